The van der Waals surface area contributed by atoms with Crippen LogP contribution in [0.15, 0.2) is 18.2 Å². The number of anilines is 1. The minimum atomic E-state index is -0.240. The van der Waals surface area contributed by atoms with Crippen LogP contribution >= 0.6 is 11.6 Å². The molecule has 0 atom stereocenters. The van der Waals surface area contributed by atoms with Gasteiger partial charge in [0.2, 0.25) is 0 Å². The second kappa shape index (κ2) is 4.22. The Morgan fingerprint density at radius 2 is 2.19 bits per heavy atom. The van der Waals surface area contributed by atoms with Crippen LogP contribution in [-0.4, -0.2) is 25.2 Å². The summed E-state index contributed by atoms with van der Waals surface area (Å²) in [6.07, 6.45) is 0. The summed E-state index contributed by atoms with van der Waals surface area (Å²) in [4.78, 5) is 2.13. The standard InChI is InChI=1S/C12H16ClFN2/c1-12(2)8-16(6-5-15-12)11-7-9(14)3-4-10(11)13/h3-4,7,15H,5-6,8H2,1-2H3. The van der Waals surface area contributed by atoms with Crippen molar-refractivity contribution < 1.29 is 4.39 Å². The lowest BCUT2D eigenvalue weighted by Gasteiger charge is -2.40. The normalized spacial score (nSPS) is 19.9. The van der Waals surface area contributed by atoms with Crippen molar-refractivity contribution in [1.82, 2.24) is 5.32 Å². The van der Waals surface area contributed by atoms with E-state index in [1.165, 1.54) is 12.1 Å². The first-order valence-electron chi connectivity index (χ1n) is 5.43. The van der Waals surface area contributed by atoms with Crippen molar-refractivity contribution in [2.24, 2.45) is 0 Å². The van der Waals surface area contributed by atoms with Crippen molar-refractivity contribution in [2.75, 3.05) is 24.5 Å². The van der Waals surface area contributed by atoms with Crippen molar-refractivity contribution in [3.05, 3.63) is 29.0 Å². The van der Waals surface area contributed by atoms with Gasteiger partial charge >= 0.3 is 0 Å². The van der Waals surface area contributed by atoms with Gasteiger partial charge in [-0.25, -0.2) is 4.39 Å². The third-order valence-electron chi connectivity index (χ3n) is 2.82. The molecule has 0 aromatic heterocycles. The maximum atomic E-state index is 13.2. The number of benzene rings is 1. The molecule has 0 aliphatic carbocycles. The molecule has 1 aliphatic heterocycles. The van der Waals surface area contributed by atoms with Crippen LogP contribution in [0.5, 0.6) is 0 Å². The minimum Gasteiger partial charge on any atom is -0.367 e. The van der Waals surface area contributed by atoms with Crippen LogP contribution in [0, 0.1) is 5.82 Å². The first-order chi connectivity index (χ1) is 7.48. The Morgan fingerprint density at radius 1 is 1.44 bits per heavy atom. The van der Waals surface area contributed by atoms with Crippen molar-refractivity contribution in [3.8, 4) is 0 Å². The highest BCUT2D eigenvalue weighted by molar-refractivity contribution is 6.33. The Labute approximate surface area is 100 Å². The Kier molecular flexibility index (Phi) is 3.08. The van der Waals surface area contributed by atoms with Gasteiger partial charge < -0.3 is 10.2 Å². The number of nitrogens with one attached hydrogen (secondary N) is 1. The molecule has 0 amide bonds. The zero-order valence-corrected chi connectivity index (χ0v) is 10.3. The van der Waals surface area contributed by atoms with Crippen LogP contribution in [0.25, 0.3) is 0 Å². The number of hydrogen-bond donors (Lipinski definition) is 1. The summed E-state index contributed by atoms with van der Waals surface area (Å²) in [7, 11) is 0. The number of hydrogen-bond acceptors (Lipinski definition) is 2. The summed E-state index contributed by atoms with van der Waals surface area (Å²) in [6.45, 7) is 6.83. The minimum absolute atomic E-state index is 0.0356. The molecule has 0 unspecified atom stereocenters. The largest absolute Gasteiger partial charge is 0.367 e. The molecule has 2 rings (SSSR count). The zero-order valence-electron chi connectivity index (χ0n) is 9.56. The summed E-state index contributed by atoms with van der Waals surface area (Å²) in [5.41, 5.74) is 0.824. The molecular weight excluding hydrogens is 227 g/mol. The van der Waals surface area contributed by atoms with E-state index in [0.717, 1.165) is 25.3 Å². The summed E-state index contributed by atoms with van der Waals surface area (Å²) >= 11 is 6.09. The maximum absolute atomic E-state index is 13.2. The van der Waals surface area contributed by atoms with E-state index in [1.807, 2.05) is 0 Å². The van der Waals surface area contributed by atoms with Crippen LogP contribution in [0.2, 0.25) is 5.02 Å². The fourth-order valence-electron chi connectivity index (χ4n) is 2.08. The fraction of sp³-hybridized carbons (Fsp3) is 0.500. The highest BCUT2D eigenvalue weighted by atomic mass is 35.5. The topological polar surface area (TPSA) is 15.3 Å². The van der Waals surface area contributed by atoms with Gasteiger partial charge in [-0.05, 0) is 32.0 Å². The molecule has 0 saturated carbocycles. The first-order valence-corrected chi connectivity index (χ1v) is 5.81. The number of nitrogens with zero attached hydrogens (tertiary/aromatic N) is 1. The molecule has 0 bridgehead atoms. The predicted molar refractivity (Wildman–Crippen MR) is 65.7 cm³/mol. The number of rotatable bonds is 1. The van der Waals surface area contributed by atoms with E-state index < -0.39 is 0 Å². The molecule has 1 heterocycles. The van der Waals surface area contributed by atoms with Crippen LogP contribution in [0.1, 0.15) is 13.8 Å². The summed E-state index contributed by atoms with van der Waals surface area (Å²) in [5, 5.41) is 4.02. The first kappa shape index (κ1) is 11.7. The van der Waals surface area contributed by atoms with Gasteiger partial charge in [-0.2, -0.15) is 0 Å². The van der Waals surface area contributed by atoms with E-state index in [9.17, 15) is 4.39 Å². The Balaban J connectivity index is 2.26. The molecule has 4 heteroatoms. The molecule has 1 aromatic carbocycles. The molecule has 1 saturated heterocycles. The number of halogens is 2. The van der Waals surface area contributed by atoms with Gasteiger partial charge in [-0.15, -0.1) is 0 Å². The molecular formula is C12H16ClFN2. The quantitative estimate of drug-likeness (QED) is 0.815. The van der Waals surface area contributed by atoms with Crippen LogP contribution < -0.4 is 10.2 Å². The predicted octanol–water partition coefficient (Wildman–Crippen LogP) is 2.67. The van der Waals surface area contributed by atoms with Gasteiger partial charge in [-0.1, -0.05) is 11.6 Å². The Hall–Kier alpha value is -0.800. The SMILES string of the molecule is CC1(C)CN(c2cc(F)ccc2Cl)CCN1. The molecule has 1 aliphatic rings. The lowest BCUT2D eigenvalue weighted by Crippen LogP contribution is -2.57. The van der Waals surface area contributed by atoms with Gasteiger partial charge in [-0.3, -0.25) is 0 Å². The third-order valence-corrected chi connectivity index (χ3v) is 3.14. The monoisotopic (exact) mass is 242 g/mol. The van der Waals surface area contributed by atoms with Gasteiger partial charge in [0.15, 0.2) is 0 Å². The van der Waals surface area contributed by atoms with E-state index in [1.54, 1.807) is 6.07 Å². The summed E-state index contributed by atoms with van der Waals surface area (Å²) < 4.78 is 13.2. The molecule has 1 N–H and O–H groups in total. The third kappa shape index (κ3) is 2.47. The van der Waals surface area contributed by atoms with Crippen molar-refractivity contribution in [3.63, 3.8) is 0 Å². The zero-order chi connectivity index (χ0) is 11.8. The van der Waals surface area contributed by atoms with Crippen LogP contribution in [0.4, 0.5) is 10.1 Å². The van der Waals surface area contributed by atoms with Gasteiger partial charge in [0.05, 0.1) is 10.7 Å². The van der Waals surface area contributed by atoms with Crippen LogP contribution in [0.3, 0.4) is 0 Å². The second-order valence-corrected chi connectivity index (χ2v) is 5.24. The maximum Gasteiger partial charge on any atom is 0.125 e. The van der Waals surface area contributed by atoms with Crippen LogP contribution in [-0.2, 0) is 0 Å². The number of piperazine rings is 1. The Bertz CT molecular complexity index is 393. The Morgan fingerprint density at radius 3 is 2.88 bits per heavy atom. The van der Waals surface area contributed by atoms with Gasteiger partial charge in [0.1, 0.15) is 5.82 Å². The average Bonchev–Trinajstić information content (AvgIpc) is 2.20. The van der Waals surface area contributed by atoms with E-state index in [0.29, 0.717) is 5.02 Å². The fourth-order valence-corrected chi connectivity index (χ4v) is 2.31. The molecule has 88 valence electrons. The highest BCUT2D eigenvalue weighted by Crippen LogP contribution is 2.28. The molecule has 1 fully saturated rings. The van der Waals surface area contributed by atoms with E-state index in [4.69, 9.17) is 11.6 Å². The summed E-state index contributed by atoms with van der Waals surface area (Å²) in [6, 6.07) is 4.50. The van der Waals surface area contributed by atoms with Crippen molar-refractivity contribution >= 4 is 17.3 Å². The van der Waals surface area contributed by atoms with E-state index in [-0.39, 0.29) is 11.4 Å². The smallest absolute Gasteiger partial charge is 0.125 e. The molecule has 1 aromatic rings. The lowest BCUT2D eigenvalue weighted by atomic mass is 10.0. The lowest BCUT2D eigenvalue weighted by molar-refractivity contribution is 0.353. The van der Waals surface area contributed by atoms with Gasteiger partial charge in [0.25, 0.3) is 0 Å². The van der Waals surface area contributed by atoms with E-state index >= 15 is 0 Å². The summed E-state index contributed by atoms with van der Waals surface area (Å²) in [5.74, 6) is -0.240. The average molecular weight is 243 g/mol. The molecule has 0 spiro atoms. The van der Waals surface area contributed by atoms with Gasteiger partial charge in [0, 0.05) is 25.2 Å². The van der Waals surface area contributed by atoms with Crippen molar-refractivity contribution in [2.45, 2.75) is 19.4 Å². The van der Waals surface area contributed by atoms with E-state index in [2.05, 4.69) is 24.1 Å². The molecule has 16 heavy (non-hydrogen) atoms. The molecule has 2 nitrogen and oxygen atoms in total. The highest BCUT2D eigenvalue weighted by Gasteiger charge is 2.26. The van der Waals surface area contributed by atoms with Crippen molar-refractivity contribution in [1.29, 1.82) is 0 Å². The second-order valence-electron chi connectivity index (χ2n) is 4.83. The molecule has 0 radical (unpaired) electrons.